The van der Waals surface area contributed by atoms with Crippen molar-refractivity contribution in [2.24, 2.45) is 5.92 Å². The Kier molecular flexibility index (Phi) is 8.88. The van der Waals surface area contributed by atoms with Crippen LogP contribution >= 0.6 is 23.1 Å². The summed E-state index contributed by atoms with van der Waals surface area (Å²) in [5.74, 6) is 2.05. The quantitative estimate of drug-likeness (QED) is 0.210. The third-order valence-electron chi connectivity index (χ3n) is 6.02. The second kappa shape index (κ2) is 12.3. The first-order chi connectivity index (χ1) is 17.9. The number of rotatable bonds is 11. The maximum absolute atomic E-state index is 12.9. The van der Waals surface area contributed by atoms with E-state index in [2.05, 4.69) is 29.0 Å². The van der Waals surface area contributed by atoms with Gasteiger partial charge >= 0.3 is 5.97 Å². The Hall–Kier alpha value is -3.31. The number of nitrogens with one attached hydrogen (secondary N) is 1. The predicted molar refractivity (Wildman–Crippen MR) is 144 cm³/mol. The summed E-state index contributed by atoms with van der Waals surface area (Å²) in [5, 5.41) is 12.6. The number of amides is 1. The molecule has 11 heteroatoms. The standard InChI is InChI=1S/C26H30N4O5S2/c1-5-12-30-21(14-35-18-9-7-17(33-3)8-10-18)28-29-26(30)36-15-22(31)27-24-23(25(32)34-4)19-11-6-16(2)13-20(19)37-24/h5,7-10,16H,1,6,11-15H2,2-4H3,(H,27,31). The molecule has 0 radical (unpaired) electrons. The van der Waals surface area contributed by atoms with Gasteiger partial charge in [-0.3, -0.25) is 9.36 Å². The number of thioether (sulfide) groups is 1. The zero-order valence-electron chi connectivity index (χ0n) is 21.1. The summed E-state index contributed by atoms with van der Waals surface area (Å²) in [4.78, 5) is 26.5. The molecule has 1 aromatic carbocycles. The number of methoxy groups -OCH3 is 2. The van der Waals surface area contributed by atoms with Crippen molar-refractivity contribution in [2.45, 2.75) is 44.5 Å². The number of nitrogens with zero attached hydrogens (tertiary/aromatic N) is 3. The van der Waals surface area contributed by atoms with Crippen molar-refractivity contribution in [3.05, 3.63) is 58.7 Å². The van der Waals surface area contributed by atoms with E-state index < -0.39 is 5.97 Å². The number of esters is 1. The topological polar surface area (TPSA) is 105 Å². The molecule has 2 heterocycles. The zero-order chi connectivity index (χ0) is 26.4. The van der Waals surface area contributed by atoms with Crippen LogP contribution in [-0.2, 0) is 35.5 Å². The summed E-state index contributed by atoms with van der Waals surface area (Å²) in [5.41, 5.74) is 1.49. The van der Waals surface area contributed by atoms with Crippen LogP contribution in [0.25, 0.3) is 0 Å². The largest absolute Gasteiger partial charge is 0.497 e. The molecule has 0 aliphatic heterocycles. The summed E-state index contributed by atoms with van der Waals surface area (Å²) >= 11 is 2.73. The van der Waals surface area contributed by atoms with E-state index in [9.17, 15) is 9.59 Å². The van der Waals surface area contributed by atoms with Crippen LogP contribution < -0.4 is 14.8 Å². The number of anilines is 1. The SMILES string of the molecule is C=CCn1c(COc2ccc(OC)cc2)nnc1SCC(=O)Nc1sc2c(c1C(=O)OC)CCC(C)C2. The van der Waals surface area contributed by atoms with Gasteiger partial charge in [0.1, 0.15) is 23.1 Å². The van der Waals surface area contributed by atoms with E-state index in [1.165, 1.54) is 30.2 Å². The average Bonchev–Trinajstić information content (AvgIpc) is 3.46. The van der Waals surface area contributed by atoms with Crippen LogP contribution in [0.15, 0.2) is 42.1 Å². The molecule has 196 valence electrons. The van der Waals surface area contributed by atoms with E-state index in [1.807, 2.05) is 28.8 Å². The normalized spacial score (nSPS) is 14.5. The van der Waals surface area contributed by atoms with Crippen LogP contribution in [0, 0.1) is 5.92 Å². The summed E-state index contributed by atoms with van der Waals surface area (Å²) in [7, 11) is 2.97. The molecule has 1 atom stereocenters. The molecule has 0 fully saturated rings. The number of ether oxygens (including phenoxy) is 3. The van der Waals surface area contributed by atoms with Crippen LogP contribution in [0.3, 0.4) is 0 Å². The van der Waals surface area contributed by atoms with Crippen LogP contribution in [0.4, 0.5) is 5.00 Å². The number of fused-ring (bicyclic) bond motifs is 1. The van der Waals surface area contributed by atoms with E-state index in [1.54, 1.807) is 13.2 Å². The van der Waals surface area contributed by atoms with Crippen LogP contribution in [0.5, 0.6) is 11.5 Å². The fourth-order valence-corrected chi connectivity index (χ4v) is 6.30. The molecule has 0 saturated carbocycles. The summed E-state index contributed by atoms with van der Waals surface area (Å²) in [6.07, 6.45) is 4.47. The first kappa shape index (κ1) is 26.7. The van der Waals surface area contributed by atoms with Gasteiger partial charge in [-0.05, 0) is 55.0 Å². The second-order valence-corrected chi connectivity index (χ2v) is 10.7. The molecule has 1 unspecified atom stereocenters. The molecule has 9 nitrogen and oxygen atoms in total. The highest BCUT2D eigenvalue weighted by molar-refractivity contribution is 7.99. The predicted octanol–water partition coefficient (Wildman–Crippen LogP) is 4.76. The van der Waals surface area contributed by atoms with Crippen molar-refractivity contribution in [3.63, 3.8) is 0 Å². The average molecular weight is 543 g/mol. The maximum Gasteiger partial charge on any atom is 0.341 e. The lowest BCUT2D eigenvalue weighted by Crippen LogP contribution is -2.17. The van der Waals surface area contributed by atoms with E-state index in [4.69, 9.17) is 14.2 Å². The highest BCUT2D eigenvalue weighted by atomic mass is 32.2. The van der Waals surface area contributed by atoms with Gasteiger partial charge in [0, 0.05) is 11.4 Å². The van der Waals surface area contributed by atoms with Gasteiger partial charge in [-0.2, -0.15) is 0 Å². The van der Waals surface area contributed by atoms with Gasteiger partial charge in [0.15, 0.2) is 11.0 Å². The smallest absolute Gasteiger partial charge is 0.341 e. The highest BCUT2D eigenvalue weighted by Gasteiger charge is 2.29. The van der Waals surface area contributed by atoms with E-state index >= 15 is 0 Å². The molecule has 0 bridgehead atoms. The Balaban J connectivity index is 1.41. The fourth-order valence-electron chi connectivity index (χ4n) is 4.11. The molecule has 1 aliphatic carbocycles. The summed E-state index contributed by atoms with van der Waals surface area (Å²) in [6, 6.07) is 7.27. The van der Waals surface area contributed by atoms with Gasteiger partial charge in [0.2, 0.25) is 5.91 Å². The van der Waals surface area contributed by atoms with Gasteiger partial charge in [0.05, 0.1) is 25.5 Å². The molecule has 4 rings (SSSR count). The molecule has 37 heavy (non-hydrogen) atoms. The van der Waals surface area contributed by atoms with Gasteiger partial charge in [-0.15, -0.1) is 28.1 Å². The van der Waals surface area contributed by atoms with E-state index in [0.29, 0.717) is 39.8 Å². The molecule has 1 aliphatic rings. The van der Waals surface area contributed by atoms with Crippen molar-refractivity contribution in [3.8, 4) is 11.5 Å². The van der Waals surface area contributed by atoms with Crippen molar-refractivity contribution in [1.29, 1.82) is 0 Å². The third-order valence-corrected chi connectivity index (χ3v) is 8.16. The minimum Gasteiger partial charge on any atom is -0.497 e. The Morgan fingerprint density at radius 3 is 2.70 bits per heavy atom. The van der Waals surface area contributed by atoms with Crippen LogP contribution in [-0.4, -0.2) is 46.6 Å². The number of benzene rings is 1. The summed E-state index contributed by atoms with van der Waals surface area (Å²) < 4.78 is 17.9. The van der Waals surface area contributed by atoms with Gasteiger partial charge in [-0.1, -0.05) is 24.8 Å². The van der Waals surface area contributed by atoms with Gasteiger partial charge in [0.25, 0.3) is 0 Å². The molecule has 1 amide bonds. The van der Waals surface area contributed by atoms with Gasteiger partial charge in [-0.25, -0.2) is 4.79 Å². The number of allylic oxidation sites excluding steroid dienone is 1. The molecule has 3 aromatic rings. The lowest BCUT2D eigenvalue weighted by Gasteiger charge is -2.18. The lowest BCUT2D eigenvalue weighted by molar-refractivity contribution is -0.113. The number of hydrogen-bond donors (Lipinski definition) is 1. The van der Waals surface area contributed by atoms with Crippen LogP contribution in [0.2, 0.25) is 0 Å². The van der Waals surface area contributed by atoms with Crippen molar-refractivity contribution in [1.82, 2.24) is 14.8 Å². The number of carbonyl (C=O) groups is 2. The Morgan fingerprint density at radius 1 is 1.24 bits per heavy atom. The third kappa shape index (κ3) is 6.34. The Labute approximate surface area is 224 Å². The van der Waals surface area contributed by atoms with Crippen molar-refractivity contribution < 1.29 is 23.8 Å². The highest BCUT2D eigenvalue weighted by Crippen LogP contribution is 2.40. The fraction of sp³-hybridized carbons (Fsp3) is 0.385. The summed E-state index contributed by atoms with van der Waals surface area (Å²) in [6.45, 7) is 6.70. The Bertz CT molecular complexity index is 1270. The minimum absolute atomic E-state index is 0.105. The molecule has 0 saturated heterocycles. The molecule has 1 N–H and O–H groups in total. The van der Waals surface area contributed by atoms with E-state index in [-0.39, 0.29) is 18.3 Å². The number of carbonyl (C=O) groups excluding carboxylic acids is 2. The first-order valence-corrected chi connectivity index (χ1v) is 13.7. The number of hydrogen-bond acceptors (Lipinski definition) is 9. The van der Waals surface area contributed by atoms with Crippen molar-refractivity contribution in [2.75, 3.05) is 25.3 Å². The van der Waals surface area contributed by atoms with E-state index in [0.717, 1.165) is 35.5 Å². The monoisotopic (exact) mass is 542 g/mol. The molecule has 2 aromatic heterocycles. The molecular formula is C26H30N4O5S2. The van der Waals surface area contributed by atoms with Crippen LogP contribution in [0.1, 0.15) is 40.0 Å². The maximum atomic E-state index is 12.9. The molecule has 0 spiro atoms. The lowest BCUT2D eigenvalue weighted by atomic mass is 9.88. The number of aromatic nitrogens is 3. The number of thiophene rings is 1. The first-order valence-electron chi connectivity index (χ1n) is 11.9. The second-order valence-electron chi connectivity index (χ2n) is 8.65. The zero-order valence-corrected chi connectivity index (χ0v) is 22.7. The molecular weight excluding hydrogens is 512 g/mol. The minimum atomic E-state index is -0.415. The van der Waals surface area contributed by atoms with Gasteiger partial charge < -0.3 is 19.5 Å². The van der Waals surface area contributed by atoms with Crippen molar-refractivity contribution >= 4 is 40.0 Å². The Morgan fingerprint density at radius 2 is 2.00 bits per heavy atom.